The van der Waals surface area contributed by atoms with Crippen LogP contribution in [-0.4, -0.2) is 23.6 Å². The molecule has 0 aliphatic rings. The maximum atomic E-state index is 13.0. The normalized spacial score (nSPS) is 10.9. The van der Waals surface area contributed by atoms with Gasteiger partial charge in [-0.1, -0.05) is 23.2 Å². The van der Waals surface area contributed by atoms with Crippen LogP contribution in [0.5, 0.6) is 0 Å². The fraction of sp³-hybridized carbons (Fsp3) is 0.200. The maximum absolute atomic E-state index is 13.0. The van der Waals surface area contributed by atoms with Gasteiger partial charge in [-0.25, -0.2) is 0 Å². The Morgan fingerprint density at radius 1 is 1.08 bits per heavy atom. The predicted molar refractivity (Wildman–Crippen MR) is 98.3 cm³/mol. The number of aryl methyl sites for hydroxylation is 1. The van der Waals surface area contributed by atoms with E-state index in [0.29, 0.717) is 10.6 Å². The summed E-state index contributed by atoms with van der Waals surface area (Å²) in [5.41, 5.74) is 3.94. The van der Waals surface area contributed by atoms with Gasteiger partial charge in [0.05, 0.1) is 19.0 Å². The second-order valence-electron chi connectivity index (χ2n) is 5.98. The Balaban J connectivity index is 2.21. The molecule has 128 valence electrons. The van der Waals surface area contributed by atoms with E-state index in [2.05, 4.69) is 0 Å². The number of nitrogens with zero attached hydrogens (tertiary/aromatic N) is 1. The third-order valence-electron chi connectivity index (χ3n) is 4.33. The van der Waals surface area contributed by atoms with Crippen LogP contribution in [0.2, 0.25) is 5.02 Å². The number of carbonyl (C=O) groups excluding carboxylic acids is 2. The lowest BCUT2D eigenvalue weighted by molar-refractivity contribution is -0.139. The van der Waals surface area contributed by atoms with Crippen LogP contribution in [0, 0.1) is 13.8 Å². The quantitative estimate of drug-likeness (QED) is 0.657. The third kappa shape index (κ3) is 3.17. The van der Waals surface area contributed by atoms with Crippen LogP contribution in [-0.2, 0) is 16.0 Å². The molecule has 2 aromatic carbocycles. The van der Waals surface area contributed by atoms with Crippen LogP contribution in [0.3, 0.4) is 0 Å². The molecule has 0 saturated carbocycles. The number of fused-ring (bicyclic) bond motifs is 1. The number of aromatic nitrogens is 1. The molecule has 0 aliphatic heterocycles. The van der Waals surface area contributed by atoms with E-state index >= 15 is 0 Å². The monoisotopic (exact) mass is 355 g/mol. The second-order valence-corrected chi connectivity index (χ2v) is 6.42. The van der Waals surface area contributed by atoms with E-state index in [-0.39, 0.29) is 18.3 Å². The van der Waals surface area contributed by atoms with E-state index in [0.717, 1.165) is 27.7 Å². The number of hydrogen-bond donors (Lipinski definition) is 0. The highest BCUT2D eigenvalue weighted by Crippen LogP contribution is 2.28. The molecule has 1 aromatic heterocycles. The molecule has 3 aromatic rings. The number of halogens is 1. The average molecular weight is 356 g/mol. The minimum Gasteiger partial charge on any atom is -0.469 e. The van der Waals surface area contributed by atoms with Crippen molar-refractivity contribution in [2.75, 3.05) is 7.11 Å². The van der Waals surface area contributed by atoms with E-state index in [1.165, 1.54) is 7.11 Å². The molecule has 0 saturated heterocycles. The summed E-state index contributed by atoms with van der Waals surface area (Å²) in [6.45, 7) is 3.83. The Labute approximate surface area is 151 Å². The van der Waals surface area contributed by atoms with Gasteiger partial charge in [0, 0.05) is 21.7 Å². The lowest BCUT2D eigenvalue weighted by Gasteiger charge is -2.08. The van der Waals surface area contributed by atoms with Crippen LogP contribution in [0.15, 0.2) is 42.5 Å². The summed E-state index contributed by atoms with van der Waals surface area (Å²) < 4.78 is 6.46. The lowest BCUT2D eigenvalue weighted by atomic mass is 10.1. The summed E-state index contributed by atoms with van der Waals surface area (Å²) in [6.07, 6.45) is 0.128. The number of methoxy groups -OCH3 is 1. The molecule has 4 nitrogen and oxygen atoms in total. The van der Waals surface area contributed by atoms with Crippen molar-refractivity contribution in [3.8, 4) is 0 Å². The Morgan fingerprint density at radius 3 is 2.40 bits per heavy atom. The number of rotatable bonds is 3. The van der Waals surface area contributed by atoms with Crippen LogP contribution < -0.4 is 0 Å². The molecular weight excluding hydrogens is 338 g/mol. The van der Waals surface area contributed by atoms with Crippen molar-refractivity contribution < 1.29 is 14.3 Å². The smallest absolute Gasteiger partial charge is 0.310 e. The highest BCUT2D eigenvalue weighted by molar-refractivity contribution is 6.30. The van der Waals surface area contributed by atoms with Gasteiger partial charge in [-0.2, -0.15) is 0 Å². The molecule has 0 bridgehead atoms. The molecule has 0 radical (unpaired) electrons. The number of benzene rings is 2. The summed E-state index contributed by atoms with van der Waals surface area (Å²) in [5, 5.41) is 1.47. The van der Waals surface area contributed by atoms with Gasteiger partial charge in [-0.05, 0) is 55.8 Å². The van der Waals surface area contributed by atoms with E-state index in [1.54, 1.807) is 28.8 Å². The fourth-order valence-corrected chi connectivity index (χ4v) is 3.15. The first-order valence-electron chi connectivity index (χ1n) is 7.90. The molecular formula is C20H18ClNO3. The van der Waals surface area contributed by atoms with E-state index < -0.39 is 0 Å². The van der Waals surface area contributed by atoms with Crippen molar-refractivity contribution >= 4 is 34.4 Å². The topological polar surface area (TPSA) is 48.3 Å². The van der Waals surface area contributed by atoms with Crippen molar-refractivity contribution in [1.82, 2.24) is 4.57 Å². The van der Waals surface area contributed by atoms with Crippen LogP contribution >= 0.6 is 11.6 Å². The van der Waals surface area contributed by atoms with Crippen LogP contribution in [0.4, 0.5) is 0 Å². The molecule has 0 spiro atoms. The van der Waals surface area contributed by atoms with Crippen molar-refractivity contribution in [1.29, 1.82) is 0 Å². The van der Waals surface area contributed by atoms with Gasteiger partial charge in [-0.3, -0.25) is 14.2 Å². The average Bonchev–Trinajstić information content (AvgIpc) is 2.86. The SMILES string of the molecule is COC(=O)Cc1c(C)n(C(=O)c2ccc(Cl)cc2)c2ccc(C)cc12. The first kappa shape index (κ1) is 17.2. The Bertz CT molecular complexity index is 971. The lowest BCUT2D eigenvalue weighted by Crippen LogP contribution is -2.14. The highest BCUT2D eigenvalue weighted by atomic mass is 35.5. The summed E-state index contributed by atoms with van der Waals surface area (Å²) in [6, 6.07) is 12.6. The van der Waals surface area contributed by atoms with E-state index in [4.69, 9.17) is 16.3 Å². The number of hydrogen-bond acceptors (Lipinski definition) is 3. The molecule has 5 heteroatoms. The zero-order valence-corrected chi connectivity index (χ0v) is 15.1. The molecule has 25 heavy (non-hydrogen) atoms. The first-order chi connectivity index (χ1) is 11.9. The van der Waals surface area contributed by atoms with Gasteiger partial charge >= 0.3 is 5.97 Å². The Morgan fingerprint density at radius 2 is 1.76 bits per heavy atom. The van der Waals surface area contributed by atoms with E-state index in [1.807, 2.05) is 32.0 Å². The van der Waals surface area contributed by atoms with Gasteiger partial charge in [0.15, 0.2) is 0 Å². The number of esters is 1. The van der Waals surface area contributed by atoms with Crippen molar-refractivity contribution in [3.05, 3.63) is 69.9 Å². The standard InChI is InChI=1S/C20H18ClNO3/c1-12-4-9-18-17(10-12)16(11-19(23)25-3)13(2)22(18)20(24)14-5-7-15(21)8-6-14/h4-10H,11H2,1-3H3. The molecule has 0 atom stereocenters. The fourth-order valence-electron chi connectivity index (χ4n) is 3.02. The Kier molecular flexibility index (Phi) is 4.64. The molecule has 0 unspecified atom stereocenters. The van der Waals surface area contributed by atoms with Crippen LogP contribution in [0.1, 0.15) is 27.2 Å². The maximum Gasteiger partial charge on any atom is 0.310 e. The third-order valence-corrected chi connectivity index (χ3v) is 4.59. The summed E-state index contributed by atoms with van der Waals surface area (Å²) in [5.74, 6) is -0.485. The Hall–Kier alpha value is -2.59. The molecule has 0 N–H and O–H groups in total. The van der Waals surface area contributed by atoms with Gasteiger partial charge in [0.25, 0.3) is 5.91 Å². The molecule has 1 heterocycles. The highest BCUT2D eigenvalue weighted by Gasteiger charge is 2.21. The molecule has 3 rings (SSSR count). The first-order valence-corrected chi connectivity index (χ1v) is 8.27. The summed E-state index contributed by atoms with van der Waals surface area (Å²) >= 11 is 5.91. The van der Waals surface area contributed by atoms with E-state index in [9.17, 15) is 9.59 Å². The minimum atomic E-state index is -0.331. The summed E-state index contributed by atoms with van der Waals surface area (Å²) in [4.78, 5) is 24.9. The zero-order valence-electron chi connectivity index (χ0n) is 14.3. The van der Waals surface area contributed by atoms with Gasteiger partial charge in [0.2, 0.25) is 0 Å². The van der Waals surface area contributed by atoms with Crippen molar-refractivity contribution in [3.63, 3.8) is 0 Å². The molecule has 0 amide bonds. The minimum absolute atomic E-state index is 0.128. The van der Waals surface area contributed by atoms with Crippen molar-refractivity contribution in [2.24, 2.45) is 0 Å². The van der Waals surface area contributed by atoms with Gasteiger partial charge in [-0.15, -0.1) is 0 Å². The summed E-state index contributed by atoms with van der Waals surface area (Å²) in [7, 11) is 1.36. The van der Waals surface area contributed by atoms with Crippen molar-refractivity contribution in [2.45, 2.75) is 20.3 Å². The number of ether oxygens (including phenoxy) is 1. The number of carbonyl (C=O) groups is 2. The molecule has 0 aliphatic carbocycles. The van der Waals surface area contributed by atoms with Crippen LogP contribution in [0.25, 0.3) is 10.9 Å². The predicted octanol–water partition coefficient (Wildman–Crippen LogP) is 4.32. The zero-order chi connectivity index (χ0) is 18.1. The largest absolute Gasteiger partial charge is 0.469 e. The second kappa shape index (κ2) is 6.73. The van der Waals surface area contributed by atoms with Gasteiger partial charge in [0.1, 0.15) is 0 Å². The van der Waals surface area contributed by atoms with Gasteiger partial charge < -0.3 is 4.74 Å². The molecule has 0 fully saturated rings.